The monoisotopic (exact) mass is 291 g/mol. The first-order chi connectivity index (χ1) is 10.6. The van der Waals surface area contributed by atoms with Crippen molar-refractivity contribution in [2.24, 2.45) is 5.73 Å². The molecular formula is C18H17N3O. The van der Waals surface area contributed by atoms with Crippen LogP contribution in [0.15, 0.2) is 67.0 Å². The lowest BCUT2D eigenvalue weighted by molar-refractivity contribution is -0.120. The van der Waals surface area contributed by atoms with Crippen molar-refractivity contribution in [3.8, 4) is 22.3 Å². The summed E-state index contributed by atoms with van der Waals surface area (Å²) in [4.78, 5) is 11.2. The smallest absolute Gasteiger partial charge is 0.241 e. The van der Waals surface area contributed by atoms with Gasteiger partial charge in [-0.15, -0.1) is 0 Å². The van der Waals surface area contributed by atoms with Crippen molar-refractivity contribution in [3.63, 3.8) is 0 Å². The molecule has 2 N–H and O–H groups in total. The lowest BCUT2D eigenvalue weighted by atomic mass is 10.0. The van der Waals surface area contributed by atoms with Crippen LogP contribution in [-0.2, 0) is 4.79 Å². The fourth-order valence-electron chi connectivity index (χ4n) is 2.34. The highest BCUT2D eigenvalue weighted by atomic mass is 16.1. The van der Waals surface area contributed by atoms with E-state index < -0.39 is 11.9 Å². The summed E-state index contributed by atoms with van der Waals surface area (Å²) in [6, 6.07) is 18.0. The van der Waals surface area contributed by atoms with E-state index in [2.05, 4.69) is 29.4 Å². The summed E-state index contributed by atoms with van der Waals surface area (Å²) in [5, 5.41) is 4.23. The molecule has 0 saturated heterocycles. The van der Waals surface area contributed by atoms with E-state index in [0.29, 0.717) is 0 Å². The second kappa shape index (κ2) is 5.85. The maximum absolute atomic E-state index is 11.2. The van der Waals surface area contributed by atoms with E-state index in [1.165, 1.54) is 5.56 Å². The molecule has 0 radical (unpaired) electrons. The highest BCUT2D eigenvalue weighted by Gasteiger charge is 2.12. The topological polar surface area (TPSA) is 60.9 Å². The maximum atomic E-state index is 11.2. The molecule has 4 nitrogen and oxygen atoms in total. The van der Waals surface area contributed by atoms with Gasteiger partial charge in [0.05, 0.1) is 6.20 Å². The first-order valence-electron chi connectivity index (χ1n) is 7.14. The fraction of sp³-hybridized carbons (Fsp3) is 0.111. The molecule has 0 spiro atoms. The maximum Gasteiger partial charge on any atom is 0.241 e. The number of benzene rings is 2. The Morgan fingerprint density at radius 1 is 1.00 bits per heavy atom. The molecule has 4 heteroatoms. The van der Waals surface area contributed by atoms with Crippen LogP contribution in [0.2, 0.25) is 0 Å². The summed E-state index contributed by atoms with van der Waals surface area (Å²) >= 11 is 0. The molecule has 0 bridgehead atoms. The molecule has 0 aliphatic carbocycles. The van der Waals surface area contributed by atoms with Gasteiger partial charge in [-0.2, -0.15) is 5.10 Å². The number of carbonyl (C=O) groups excluding carboxylic acids is 1. The molecule has 0 unspecified atom stereocenters. The number of rotatable bonds is 4. The second-order valence-corrected chi connectivity index (χ2v) is 5.23. The standard InChI is InChI=1S/C18H17N3O/c1-13(18(19)22)21-12-17(11-20-21)16-9-5-8-15(10-16)14-6-3-2-4-7-14/h2-13H,1H3,(H2,19,22)/t13-/m1/s1. The molecule has 22 heavy (non-hydrogen) atoms. The molecule has 1 aromatic heterocycles. The van der Waals surface area contributed by atoms with Gasteiger partial charge in [0.25, 0.3) is 0 Å². The minimum Gasteiger partial charge on any atom is -0.368 e. The highest BCUT2D eigenvalue weighted by molar-refractivity contribution is 5.78. The largest absolute Gasteiger partial charge is 0.368 e. The molecule has 1 amide bonds. The van der Waals surface area contributed by atoms with Crippen molar-refractivity contribution in [3.05, 3.63) is 67.0 Å². The third-order valence-electron chi connectivity index (χ3n) is 3.71. The van der Waals surface area contributed by atoms with Crippen LogP contribution < -0.4 is 5.73 Å². The van der Waals surface area contributed by atoms with Gasteiger partial charge in [0.1, 0.15) is 6.04 Å². The van der Waals surface area contributed by atoms with Gasteiger partial charge in [0, 0.05) is 11.8 Å². The van der Waals surface area contributed by atoms with Crippen molar-refractivity contribution >= 4 is 5.91 Å². The van der Waals surface area contributed by atoms with Crippen LogP contribution in [0.5, 0.6) is 0 Å². The van der Waals surface area contributed by atoms with Gasteiger partial charge < -0.3 is 5.73 Å². The molecule has 0 aliphatic rings. The van der Waals surface area contributed by atoms with E-state index in [0.717, 1.165) is 16.7 Å². The average Bonchev–Trinajstić information content (AvgIpc) is 3.05. The van der Waals surface area contributed by atoms with Gasteiger partial charge in [-0.25, -0.2) is 0 Å². The molecule has 2 aromatic carbocycles. The minimum absolute atomic E-state index is 0.396. The Labute approximate surface area is 129 Å². The number of amides is 1. The van der Waals surface area contributed by atoms with Gasteiger partial charge in [-0.3, -0.25) is 9.48 Å². The van der Waals surface area contributed by atoms with Crippen LogP contribution in [0.25, 0.3) is 22.3 Å². The van der Waals surface area contributed by atoms with E-state index in [1.54, 1.807) is 17.8 Å². The summed E-state index contributed by atoms with van der Waals surface area (Å²) in [6.07, 6.45) is 3.60. The average molecular weight is 291 g/mol. The van der Waals surface area contributed by atoms with Crippen LogP contribution in [0.1, 0.15) is 13.0 Å². The number of nitrogens with zero attached hydrogens (tertiary/aromatic N) is 2. The number of aromatic nitrogens is 2. The molecule has 1 atom stereocenters. The lowest BCUT2D eigenvalue weighted by Gasteiger charge is -2.07. The van der Waals surface area contributed by atoms with E-state index in [-0.39, 0.29) is 0 Å². The predicted molar refractivity (Wildman–Crippen MR) is 87.0 cm³/mol. The number of carbonyl (C=O) groups is 1. The zero-order chi connectivity index (χ0) is 15.5. The van der Waals surface area contributed by atoms with Crippen LogP contribution in [0.3, 0.4) is 0 Å². The Morgan fingerprint density at radius 3 is 2.32 bits per heavy atom. The van der Waals surface area contributed by atoms with Crippen LogP contribution in [0, 0.1) is 0 Å². The van der Waals surface area contributed by atoms with Crippen molar-refractivity contribution in [2.45, 2.75) is 13.0 Å². The van der Waals surface area contributed by atoms with Gasteiger partial charge >= 0.3 is 0 Å². The van der Waals surface area contributed by atoms with Crippen molar-refractivity contribution in [2.75, 3.05) is 0 Å². The Kier molecular flexibility index (Phi) is 3.74. The van der Waals surface area contributed by atoms with Gasteiger partial charge in [0.15, 0.2) is 0 Å². The first kappa shape index (κ1) is 14.1. The van der Waals surface area contributed by atoms with Crippen LogP contribution in [-0.4, -0.2) is 15.7 Å². The van der Waals surface area contributed by atoms with Crippen molar-refractivity contribution < 1.29 is 4.79 Å². The Bertz CT molecular complexity index is 793. The second-order valence-electron chi connectivity index (χ2n) is 5.23. The van der Waals surface area contributed by atoms with Gasteiger partial charge in [-0.1, -0.05) is 48.5 Å². The molecule has 1 heterocycles. The SMILES string of the molecule is C[C@H](C(N)=O)n1cc(-c2cccc(-c3ccccc3)c2)cn1. The molecule has 0 saturated carbocycles. The third kappa shape index (κ3) is 2.76. The summed E-state index contributed by atoms with van der Waals surface area (Å²) < 4.78 is 1.59. The van der Waals surface area contributed by atoms with E-state index in [1.807, 2.05) is 36.5 Å². The molecule has 0 fully saturated rings. The van der Waals surface area contributed by atoms with Crippen LogP contribution in [0.4, 0.5) is 0 Å². The molecule has 110 valence electrons. The Morgan fingerprint density at radius 2 is 1.64 bits per heavy atom. The van der Waals surface area contributed by atoms with E-state index in [9.17, 15) is 4.79 Å². The summed E-state index contributed by atoms with van der Waals surface area (Å²) in [7, 11) is 0. The number of nitrogens with two attached hydrogens (primary N) is 1. The quantitative estimate of drug-likeness (QED) is 0.802. The minimum atomic E-state index is -0.453. The summed E-state index contributed by atoms with van der Waals surface area (Å²) in [5.41, 5.74) is 9.66. The molecule has 3 rings (SSSR count). The predicted octanol–water partition coefficient (Wildman–Crippen LogP) is 3.26. The molecule has 0 aliphatic heterocycles. The van der Waals surface area contributed by atoms with Crippen molar-refractivity contribution in [1.82, 2.24) is 9.78 Å². The highest BCUT2D eigenvalue weighted by Crippen LogP contribution is 2.26. The Hall–Kier alpha value is -2.88. The summed E-state index contributed by atoms with van der Waals surface area (Å²) in [6.45, 7) is 1.74. The fourth-order valence-corrected chi connectivity index (χ4v) is 2.34. The van der Waals surface area contributed by atoms with Gasteiger partial charge in [-0.05, 0) is 29.7 Å². The normalized spacial score (nSPS) is 12.0. The zero-order valence-corrected chi connectivity index (χ0v) is 12.3. The first-order valence-corrected chi connectivity index (χ1v) is 7.14. The zero-order valence-electron chi connectivity index (χ0n) is 12.3. The van der Waals surface area contributed by atoms with E-state index in [4.69, 9.17) is 5.73 Å². The van der Waals surface area contributed by atoms with Crippen molar-refractivity contribution in [1.29, 1.82) is 0 Å². The Balaban J connectivity index is 1.95. The lowest BCUT2D eigenvalue weighted by Crippen LogP contribution is -2.24. The molecular weight excluding hydrogens is 274 g/mol. The van der Waals surface area contributed by atoms with Gasteiger partial charge in [0.2, 0.25) is 5.91 Å². The molecule has 3 aromatic rings. The van der Waals surface area contributed by atoms with E-state index >= 15 is 0 Å². The number of hydrogen-bond acceptors (Lipinski definition) is 2. The summed E-state index contributed by atoms with van der Waals surface area (Å²) in [5.74, 6) is -0.396. The number of primary amides is 1. The number of hydrogen-bond donors (Lipinski definition) is 1. The third-order valence-corrected chi connectivity index (χ3v) is 3.71. The van der Waals surface area contributed by atoms with Crippen LogP contribution >= 0.6 is 0 Å².